The van der Waals surface area contributed by atoms with E-state index in [2.05, 4.69) is 4.90 Å². The third-order valence-corrected chi connectivity index (χ3v) is 6.09. The van der Waals surface area contributed by atoms with E-state index < -0.39 is 0 Å². The van der Waals surface area contributed by atoms with Crippen molar-refractivity contribution in [2.24, 2.45) is 0 Å². The molecule has 1 aromatic heterocycles. The molecule has 0 radical (unpaired) electrons. The van der Waals surface area contributed by atoms with Crippen LogP contribution in [0.3, 0.4) is 0 Å². The summed E-state index contributed by atoms with van der Waals surface area (Å²) in [4.78, 5) is 20.2. The minimum Gasteiger partial charge on any atom is -0.379 e. The van der Waals surface area contributed by atoms with Gasteiger partial charge in [-0.1, -0.05) is 36.0 Å². The van der Waals surface area contributed by atoms with Crippen molar-refractivity contribution < 1.29 is 9.13 Å². The van der Waals surface area contributed by atoms with Crippen LogP contribution in [-0.2, 0) is 17.0 Å². The molecule has 0 bridgehead atoms. The number of hydrogen-bond donors (Lipinski definition) is 0. The molecule has 0 atom stereocenters. The molecule has 29 heavy (non-hydrogen) atoms. The van der Waals surface area contributed by atoms with Crippen molar-refractivity contribution >= 4 is 22.7 Å². The highest BCUT2D eigenvalue weighted by Crippen LogP contribution is 2.23. The lowest BCUT2D eigenvalue weighted by atomic mass is 10.2. The van der Waals surface area contributed by atoms with E-state index in [4.69, 9.17) is 9.72 Å². The second-order valence-corrected chi connectivity index (χ2v) is 8.04. The van der Waals surface area contributed by atoms with Crippen LogP contribution in [0.15, 0.2) is 58.5 Å². The molecule has 0 saturated carbocycles. The molecule has 2 heterocycles. The number of nitrogens with zero attached hydrogens (tertiary/aromatic N) is 3. The van der Waals surface area contributed by atoms with E-state index in [0.717, 1.165) is 44.8 Å². The molecule has 0 aliphatic carbocycles. The van der Waals surface area contributed by atoms with Crippen molar-refractivity contribution in [2.45, 2.75) is 23.9 Å². The van der Waals surface area contributed by atoms with E-state index in [1.165, 1.54) is 23.9 Å². The fourth-order valence-corrected chi connectivity index (χ4v) is 4.48. The minimum absolute atomic E-state index is 0.0145. The van der Waals surface area contributed by atoms with Gasteiger partial charge in [-0.25, -0.2) is 9.37 Å². The van der Waals surface area contributed by atoms with Crippen LogP contribution in [0.5, 0.6) is 0 Å². The highest BCUT2D eigenvalue weighted by atomic mass is 32.2. The van der Waals surface area contributed by atoms with Crippen molar-refractivity contribution in [1.29, 1.82) is 0 Å². The van der Waals surface area contributed by atoms with Gasteiger partial charge in [-0.2, -0.15) is 0 Å². The van der Waals surface area contributed by atoms with Crippen molar-refractivity contribution in [3.05, 3.63) is 70.3 Å². The number of halogens is 1. The predicted molar refractivity (Wildman–Crippen MR) is 114 cm³/mol. The molecule has 0 spiro atoms. The van der Waals surface area contributed by atoms with E-state index in [1.54, 1.807) is 10.6 Å². The van der Waals surface area contributed by atoms with E-state index in [0.29, 0.717) is 28.4 Å². The lowest BCUT2D eigenvalue weighted by Crippen LogP contribution is -2.37. The Morgan fingerprint density at radius 3 is 2.72 bits per heavy atom. The molecule has 1 fully saturated rings. The maximum Gasteiger partial charge on any atom is 0.262 e. The Labute approximate surface area is 173 Å². The van der Waals surface area contributed by atoms with E-state index in [1.807, 2.05) is 30.3 Å². The number of hydrogen-bond acceptors (Lipinski definition) is 5. The molecule has 1 aliphatic rings. The quantitative estimate of drug-likeness (QED) is 0.438. The lowest BCUT2D eigenvalue weighted by Gasteiger charge is -2.26. The zero-order valence-corrected chi connectivity index (χ0v) is 17.0. The Hall–Kier alpha value is -2.22. The summed E-state index contributed by atoms with van der Waals surface area (Å²) in [7, 11) is 0. The van der Waals surface area contributed by atoms with Gasteiger partial charge in [0.25, 0.3) is 5.56 Å². The van der Waals surface area contributed by atoms with Crippen molar-refractivity contribution in [2.75, 3.05) is 32.8 Å². The molecule has 0 N–H and O–H groups in total. The Kier molecular flexibility index (Phi) is 6.59. The second-order valence-electron chi connectivity index (χ2n) is 7.09. The normalized spacial score (nSPS) is 15.1. The fourth-order valence-electron chi connectivity index (χ4n) is 3.51. The molecular weight excluding hydrogens is 389 g/mol. The van der Waals surface area contributed by atoms with Gasteiger partial charge in [-0.15, -0.1) is 0 Å². The third-order valence-electron chi connectivity index (χ3n) is 5.04. The monoisotopic (exact) mass is 413 g/mol. The number of rotatable bonds is 7. The molecule has 1 aliphatic heterocycles. The molecule has 4 rings (SSSR count). The Morgan fingerprint density at radius 1 is 1.07 bits per heavy atom. The van der Waals surface area contributed by atoms with Gasteiger partial charge >= 0.3 is 0 Å². The van der Waals surface area contributed by atoms with Crippen molar-refractivity contribution in [1.82, 2.24) is 14.5 Å². The maximum absolute atomic E-state index is 13.5. The van der Waals surface area contributed by atoms with E-state index in [9.17, 15) is 9.18 Å². The predicted octanol–water partition coefficient (Wildman–Crippen LogP) is 3.55. The molecule has 5 nitrogen and oxygen atoms in total. The molecule has 152 valence electrons. The summed E-state index contributed by atoms with van der Waals surface area (Å²) in [5.74, 6) is 0.309. The van der Waals surface area contributed by atoms with Crippen LogP contribution in [-0.4, -0.2) is 47.3 Å². The molecule has 1 saturated heterocycles. The highest BCUT2D eigenvalue weighted by molar-refractivity contribution is 7.98. The highest BCUT2D eigenvalue weighted by Gasteiger charge is 2.14. The van der Waals surface area contributed by atoms with Crippen LogP contribution in [0.4, 0.5) is 4.39 Å². The smallest absolute Gasteiger partial charge is 0.262 e. The summed E-state index contributed by atoms with van der Waals surface area (Å²) in [6.07, 6.45) is 0.869. The molecular formula is C22H24FN3O2S. The zero-order chi connectivity index (χ0) is 20.1. The van der Waals surface area contributed by atoms with Gasteiger partial charge < -0.3 is 4.74 Å². The molecule has 0 amide bonds. The van der Waals surface area contributed by atoms with Gasteiger partial charge in [0.2, 0.25) is 0 Å². The first kappa shape index (κ1) is 20.1. The van der Waals surface area contributed by atoms with Crippen molar-refractivity contribution in [3.8, 4) is 0 Å². The first-order chi connectivity index (χ1) is 14.2. The first-order valence-corrected chi connectivity index (χ1v) is 10.9. The molecule has 2 aromatic carbocycles. The van der Waals surface area contributed by atoms with E-state index in [-0.39, 0.29) is 11.4 Å². The van der Waals surface area contributed by atoms with Gasteiger partial charge in [0.1, 0.15) is 5.82 Å². The Bertz CT molecular complexity index is 1030. The van der Waals surface area contributed by atoms with Gasteiger partial charge in [-0.05, 0) is 36.2 Å². The largest absolute Gasteiger partial charge is 0.379 e. The summed E-state index contributed by atoms with van der Waals surface area (Å²) in [5.41, 5.74) is 1.56. The summed E-state index contributed by atoms with van der Waals surface area (Å²) < 4.78 is 20.7. The number of fused-ring (bicyclic) bond motifs is 1. The summed E-state index contributed by atoms with van der Waals surface area (Å²) in [6, 6.07) is 14.0. The average Bonchev–Trinajstić information content (AvgIpc) is 2.75. The number of ether oxygens (including phenoxy) is 1. The molecule has 3 aromatic rings. The van der Waals surface area contributed by atoms with Crippen LogP contribution >= 0.6 is 11.8 Å². The molecule has 7 heteroatoms. The number of benzene rings is 2. The van der Waals surface area contributed by atoms with Gasteiger partial charge in [0, 0.05) is 31.9 Å². The molecule has 0 unspecified atom stereocenters. The topological polar surface area (TPSA) is 47.4 Å². The van der Waals surface area contributed by atoms with Gasteiger partial charge in [-0.3, -0.25) is 14.3 Å². The Balaban J connectivity index is 1.55. The van der Waals surface area contributed by atoms with Crippen LogP contribution in [0.1, 0.15) is 12.0 Å². The summed E-state index contributed by atoms with van der Waals surface area (Å²) in [5, 5.41) is 1.31. The Morgan fingerprint density at radius 2 is 1.90 bits per heavy atom. The average molecular weight is 414 g/mol. The van der Waals surface area contributed by atoms with Gasteiger partial charge in [0.15, 0.2) is 5.16 Å². The SMILES string of the molecule is O=c1c2ccccc2nc(SCc2cccc(F)c2)n1CCCN1CCOCC1. The standard InChI is InChI=1S/C22H24FN3O2S/c23-18-6-3-5-17(15-18)16-29-22-24-20-8-2-1-7-19(20)21(27)26(22)10-4-9-25-11-13-28-14-12-25/h1-3,5-8,15H,4,9-14,16H2. The van der Waals surface area contributed by atoms with Crippen LogP contribution < -0.4 is 5.56 Å². The minimum atomic E-state index is -0.252. The summed E-state index contributed by atoms with van der Waals surface area (Å²) in [6.45, 7) is 4.95. The number of thioether (sulfide) groups is 1. The number of para-hydroxylation sites is 1. The second kappa shape index (κ2) is 9.52. The first-order valence-electron chi connectivity index (χ1n) is 9.87. The van der Waals surface area contributed by atoms with Crippen LogP contribution in [0, 0.1) is 5.82 Å². The lowest BCUT2D eigenvalue weighted by molar-refractivity contribution is 0.0368. The maximum atomic E-state index is 13.5. The number of morpholine rings is 1. The van der Waals surface area contributed by atoms with E-state index >= 15 is 0 Å². The summed E-state index contributed by atoms with van der Waals surface area (Å²) >= 11 is 1.48. The third kappa shape index (κ3) is 5.04. The van der Waals surface area contributed by atoms with Crippen LogP contribution in [0.2, 0.25) is 0 Å². The fraction of sp³-hybridized carbons (Fsp3) is 0.364. The van der Waals surface area contributed by atoms with Crippen molar-refractivity contribution in [3.63, 3.8) is 0 Å². The van der Waals surface area contributed by atoms with Crippen LogP contribution in [0.25, 0.3) is 10.9 Å². The van der Waals surface area contributed by atoms with Gasteiger partial charge in [0.05, 0.1) is 24.1 Å². The number of aromatic nitrogens is 2. The zero-order valence-electron chi connectivity index (χ0n) is 16.2.